The molecule has 0 spiro atoms. The molecule has 7 heteroatoms. The third-order valence-corrected chi connectivity index (χ3v) is 8.18. The van der Waals surface area contributed by atoms with Crippen molar-refractivity contribution >= 4 is 10.4 Å². The number of hydrogen-bond acceptors (Lipinski definition) is 3. The highest BCUT2D eigenvalue weighted by molar-refractivity contribution is 7.79. The van der Waals surface area contributed by atoms with Gasteiger partial charge >= 0.3 is 10.4 Å². The molecule has 0 radical (unpaired) electrons. The maximum atomic E-state index is 9.88. The lowest BCUT2D eigenvalue weighted by molar-refractivity contribution is -0.929. The molecule has 0 saturated carbocycles. The second-order valence-corrected chi connectivity index (χ2v) is 13.5. The number of hydrogen-bond donors (Lipinski definition) is 3. The van der Waals surface area contributed by atoms with Gasteiger partial charge in [0.25, 0.3) is 0 Å². The minimum absolute atomic E-state index is 0.478. The molecule has 1 atom stereocenters. The molecule has 0 fully saturated rings. The van der Waals surface area contributed by atoms with Gasteiger partial charge in [-0.25, -0.2) is 0 Å². The largest absolute Gasteiger partial charge is 0.394 e. The van der Waals surface area contributed by atoms with Crippen LogP contribution in [0, 0.1) is 11.8 Å². The van der Waals surface area contributed by atoms with Crippen LogP contribution in [0.25, 0.3) is 0 Å². The third kappa shape index (κ3) is 35.3. The quantitative estimate of drug-likeness (QED) is 0.0446. The molecule has 264 valence electrons. The fourth-order valence-corrected chi connectivity index (χ4v) is 5.41. The van der Waals surface area contributed by atoms with E-state index in [4.69, 9.17) is 17.5 Å². The number of benzene rings is 1. The van der Waals surface area contributed by atoms with Crippen LogP contribution in [0.2, 0.25) is 0 Å². The summed E-state index contributed by atoms with van der Waals surface area (Å²) in [5.41, 5.74) is 0.977. The highest BCUT2D eigenvalue weighted by atomic mass is 32.3. The average molecular weight is 655 g/mol. The van der Waals surface area contributed by atoms with Crippen LogP contribution in [-0.4, -0.2) is 59.4 Å². The number of aliphatic hydroxyl groups excluding tert-OH is 1. The fraction of sp³-hybridized carbons (Fsp3) is 0.789. The molecule has 1 unspecified atom stereocenters. The van der Waals surface area contributed by atoms with Crippen LogP contribution in [-0.2, 0) is 10.4 Å². The third-order valence-electron chi connectivity index (χ3n) is 8.18. The molecule has 1 aromatic rings. The van der Waals surface area contributed by atoms with E-state index in [0.717, 1.165) is 18.4 Å². The molecule has 0 aromatic heterocycles. The highest BCUT2D eigenvalue weighted by Crippen LogP contribution is 2.16. The van der Waals surface area contributed by atoms with E-state index in [-0.39, 0.29) is 0 Å². The van der Waals surface area contributed by atoms with Gasteiger partial charge in [-0.05, 0) is 50.7 Å². The highest BCUT2D eigenvalue weighted by Gasteiger charge is 2.24. The first-order chi connectivity index (χ1) is 21.6. The number of quaternary nitrogens is 1. The lowest BCUT2D eigenvalue weighted by Gasteiger charge is -2.39. The first kappa shape index (κ1) is 45.7. The van der Waals surface area contributed by atoms with Gasteiger partial charge in [0, 0.05) is 5.56 Å². The molecule has 6 nitrogen and oxygen atoms in total. The Morgan fingerprint density at radius 1 is 0.578 bits per heavy atom. The average Bonchev–Trinajstić information content (AvgIpc) is 3.02. The molecule has 0 bridgehead atoms. The van der Waals surface area contributed by atoms with Gasteiger partial charge in [0.05, 0.1) is 26.2 Å². The Balaban J connectivity index is 0. The van der Waals surface area contributed by atoms with E-state index < -0.39 is 16.5 Å². The number of unbranched alkanes of at least 4 members (excludes halogenated alkanes) is 14. The SMILES string of the molecule is CCCCCCCCCCCCCC(O)C#Cc1ccccc1.CCCC[N+](CCCC)(CCCC)CCCC.O=S(=O)(O)O. The van der Waals surface area contributed by atoms with E-state index in [9.17, 15) is 5.11 Å². The Morgan fingerprint density at radius 3 is 1.27 bits per heavy atom. The number of aliphatic hydroxyl groups is 1. The zero-order chi connectivity index (χ0) is 34.1. The lowest BCUT2D eigenvalue weighted by atomic mass is 10.0. The molecule has 0 aliphatic rings. The summed E-state index contributed by atoms with van der Waals surface area (Å²) in [7, 11) is -4.67. The molecular formula is C38H72NO5S+. The van der Waals surface area contributed by atoms with Gasteiger partial charge in [0.2, 0.25) is 0 Å². The summed E-state index contributed by atoms with van der Waals surface area (Å²) >= 11 is 0. The second kappa shape index (κ2) is 32.5. The predicted molar refractivity (Wildman–Crippen MR) is 194 cm³/mol. The van der Waals surface area contributed by atoms with Crippen molar-refractivity contribution in [1.29, 1.82) is 0 Å². The van der Waals surface area contributed by atoms with Crippen molar-refractivity contribution in [3.63, 3.8) is 0 Å². The summed E-state index contributed by atoms with van der Waals surface area (Å²) in [6, 6.07) is 9.87. The predicted octanol–water partition coefficient (Wildman–Crippen LogP) is 10.5. The van der Waals surface area contributed by atoms with Gasteiger partial charge in [-0.2, -0.15) is 8.42 Å². The molecule has 45 heavy (non-hydrogen) atoms. The Kier molecular flexibility index (Phi) is 33.0. The topological polar surface area (TPSA) is 94.8 Å². The van der Waals surface area contributed by atoms with Crippen molar-refractivity contribution in [3.05, 3.63) is 35.9 Å². The maximum absolute atomic E-state index is 9.88. The Bertz CT molecular complexity index is 866. The van der Waals surface area contributed by atoms with Crippen molar-refractivity contribution in [1.82, 2.24) is 0 Å². The van der Waals surface area contributed by atoms with Gasteiger partial charge in [-0.1, -0.05) is 155 Å². The van der Waals surface area contributed by atoms with Crippen LogP contribution in [0.15, 0.2) is 30.3 Å². The summed E-state index contributed by atoms with van der Waals surface area (Å²) in [6.45, 7) is 17.3. The molecule has 0 aliphatic carbocycles. The molecule has 0 amide bonds. The molecule has 1 aromatic carbocycles. The molecule has 3 N–H and O–H groups in total. The number of rotatable bonds is 24. The Hall–Kier alpha value is -1.43. The fourth-order valence-electron chi connectivity index (χ4n) is 5.41. The van der Waals surface area contributed by atoms with Gasteiger partial charge < -0.3 is 9.59 Å². The zero-order valence-corrected chi connectivity index (χ0v) is 30.8. The van der Waals surface area contributed by atoms with E-state index in [0.29, 0.717) is 0 Å². The number of nitrogens with zero attached hydrogens (tertiary/aromatic N) is 1. The monoisotopic (exact) mass is 655 g/mol. The van der Waals surface area contributed by atoms with Crippen molar-refractivity contribution in [3.8, 4) is 11.8 Å². The zero-order valence-electron chi connectivity index (χ0n) is 29.9. The van der Waals surface area contributed by atoms with Crippen LogP contribution in [0.1, 0.15) is 169 Å². The summed E-state index contributed by atoms with van der Waals surface area (Å²) < 4.78 is 33.0. The van der Waals surface area contributed by atoms with Gasteiger partial charge in [-0.15, -0.1) is 0 Å². The van der Waals surface area contributed by atoms with Crippen LogP contribution < -0.4 is 0 Å². The van der Waals surface area contributed by atoms with Gasteiger partial charge in [0.1, 0.15) is 6.10 Å². The van der Waals surface area contributed by atoms with E-state index in [1.807, 2.05) is 30.3 Å². The van der Waals surface area contributed by atoms with Crippen molar-refractivity contribution in [2.45, 2.75) is 169 Å². The molecule has 0 aliphatic heterocycles. The van der Waals surface area contributed by atoms with Crippen molar-refractivity contribution in [2.24, 2.45) is 0 Å². The van der Waals surface area contributed by atoms with Gasteiger partial charge in [0.15, 0.2) is 0 Å². The van der Waals surface area contributed by atoms with E-state index in [1.54, 1.807) is 0 Å². The first-order valence-corrected chi connectivity index (χ1v) is 19.8. The lowest BCUT2D eigenvalue weighted by Crippen LogP contribution is -2.50. The first-order valence-electron chi connectivity index (χ1n) is 18.4. The minimum Gasteiger partial charge on any atom is -0.380 e. The second-order valence-electron chi connectivity index (χ2n) is 12.6. The normalized spacial score (nSPS) is 11.8. The van der Waals surface area contributed by atoms with Crippen LogP contribution in [0.5, 0.6) is 0 Å². The van der Waals surface area contributed by atoms with Crippen LogP contribution >= 0.6 is 0 Å². The molecule has 1 rings (SSSR count). The smallest absolute Gasteiger partial charge is 0.380 e. The standard InChI is InChI=1S/C22H34O.C16H36N.H2O4S/c1-2-3-4-5-6-7-8-9-10-11-15-18-22(23)20-19-21-16-13-12-14-17-21;1-5-9-13-17(14-10-6-2,15-11-7-3)16-12-8-4;1-5(2,3)4/h12-14,16-17,22-23H,2-11,15,18H2,1H3;5-16H2,1-4H3;(H2,1,2,3,4)/q;+1;. The van der Waals surface area contributed by atoms with E-state index in [2.05, 4.69) is 46.5 Å². The van der Waals surface area contributed by atoms with Crippen molar-refractivity contribution < 1.29 is 27.1 Å². The summed E-state index contributed by atoms with van der Waals surface area (Å²) in [5.74, 6) is 5.97. The molecule has 0 heterocycles. The molecule has 0 saturated heterocycles. The summed E-state index contributed by atoms with van der Waals surface area (Å²) in [4.78, 5) is 0. The summed E-state index contributed by atoms with van der Waals surface area (Å²) in [6.07, 6.45) is 26.1. The van der Waals surface area contributed by atoms with Gasteiger partial charge in [-0.3, -0.25) is 9.11 Å². The van der Waals surface area contributed by atoms with E-state index in [1.165, 1.54) is 146 Å². The Morgan fingerprint density at radius 2 is 0.911 bits per heavy atom. The summed E-state index contributed by atoms with van der Waals surface area (Å²) in [5, 5.41) is 9.88. The van der Waals surface area contributed by atoms with Crippen LogP contribution in [0.3, 0.4) is 0 Å². The maximum Gasteiger partial charge on any atom is 0.394 e. The van der Waals surface area contributed by atoms with E-state index >= 15 is 0 Å². The molecular weight excluding hydrogens is 582 g/mol. The van der Waals surface area contributed by atoms with Crippen LogP contribution in [0.4, 0.5) is 0 Å². The van der Waals surface area contributed by atoms with Crippen molar-refractivity contribution in [2.75, 3.05) is 26.2 Å². The Labute approximate surface area is 280 Å². The minimum atomic E-state index is -4.67.